The Morgan fingerprint density at radius 3 is 3.11 bits per heavy atom. The number of hydrogen-bond acceptors (Lipinski definition) is 6. The molecule has 6 nitrogen and oxygen atoms in total. The first-order valence-corrected chi connectivity index (χ1v) is 11.4. The molecule has 28 heavy (non-hydrogen) atoms. The van der Waals surface area contributed by atoms with E-state index in [2.05, 4.69) is 26.4 Å². The van der Waals surface area contributed by atoms with Crippen molar-refractivity contribution in [1.82, 2.24) is 19.7 Å². The van der Waals surface area contributed by atoms with Crippen LogP contribution in [0.15, 0.2) is 29.2 Å². The Bertz CT molecular complexity index is 868. The molecule has 1 N–H and O–H groups in total. The van der Waals surface area contributed by atoms with Crippen molar-refractivity contribution in [3.63, 3.8) is 0 Å². The molecule has 150 valence electrons. The minimum Gasteiger partial charge on any atom is -0.383 e. The van der Waals surface area contributed by atoms with Crippen molar-refractivity contribution in [2.45, 2.75) is 50.9 Å². The Balaban J connectivity index is 1.38. The summed E-state index contributed by atoms with van der Waals surface area (Å²) in [7, 11) is 0. The van der Waals surface area contributed by atoms with Crippen molar-refractivity contribution < 1.29 is 0 Å². The van der Waals surface area contributed by atoms with Crippen LogP contribution in [-0.2, 0) is 18.7 Å². The third-order valence-electron chi connectivity index (χ3n) is 5.69. The van der Waals surface area contributed by atoms with Gasteiger partial charge in [-0.3, -0.25) is 14.7 Å². The van der Waals surface area contributed by atoms with Crippen molar-refractivity contribution >= 4 is 17.4 Å². The first-order chi connectivity index (χ1) is 13.7. The zero-order valence-electron chi connectivity index (χ0n) is 16.6. The molecule has 1 unspecified atom stereocenters. The number of rotatable bonds is 6. The smallest absolute Gasteiger partial charge is 0.267 e. The maximum absolute atomic E-state index is 12.4. The van der Waals surface area contributed by atoms with Gasteiger partial charge in [0.15, 0.2) is 0 Å². The van der Waals surface area contributed by atoms with Gasteiger partial charge in [0.1, 0.15) is 0 Å². The van der Waals surface area contributed by atoms with E-state index in [1.165, 1.54) is 19.3 Å². The second kappa shape index (κ2) is 9.09. The molecular formula is C21H29N5OS. The van der Waals surface area contributed by atoms with E-state index < -0.39 is 0 Å². The van der Waals surface area contributed by atoms with E-state index in [1.807, 2.05) is 30.9 Å². The second-order valence-corrected chi connectivity index (χ2v) is 8.84. The molecule has 1 fully saturated rings. The van der Waals surface area contributed by atoms with Crippen LogP contribution in [0, 0.1) is 6.92 Å². The highest BCUT2D eigenvalue weighted by Gasteiger charge is 2.22. The number of pyridine rings is 1. The van der Waals surface area contributed by atoms with Gasteiger partial charge in [-0.2, -0.15) is 16.9 Å². The lowest BCUT2D eigenvalue weighted by Crippen LogP contribution is -2.45. The third-order valence-corrected chi connectivity index (χ3v) is 6.70. The van der Waals surface area contributed by atoms with Crippen molar-refractivity contribution in [1.29, 1.82) is 0 Å². The van der Waals surface area contributed by atoms with E-state index >= 15 is 0 Å². The summed E-state index contributed by atoms with van der Waals surface area (Å²) in [6, 6.07) is 6.40. The number of hydrogen-bond donors (Lipinski definition) is 1. The number of fused-ring (bicyclic) bond motifs is 1. The van der Waals surface area contributed by atoms with Crippen LogP contribution >= 0.6 is 11.8 Å². The normalized spacial score (nSPS) is 20.0. The summed E-state index contributed by atoms with van der Waals surface area (Å²) in [5.74, 6) is 2.03. The maximum atomic E-state index is 12.4. The summed E-state index contributed by atoms with van der Waals surface area (Å²) in [6.45, 7) is 5.58. The first kappa shape index (κ1) is 19.5. The van der Waals surface area contributed by atoms with E-state index in [4.69, 9.17) is 0 Å². The largest absolute Gasteiger partial charge is 0.383 e. The minimum absolute atomic E-state index is 0.0418. The maximum Gasteiger partial charge on any atom is 0.267 e. The number of anilines is 1. The molecule has 4 rings (SSSR count). The topological polar surface area (TPSA) is 63.1 Å². The van der Waals surface area contributed by atoms with Gasteiger partial charge >= 0.3 is 0 Å². The fourth-order valence-electron chi connectivity index (χ4n) is 4.11. The van der Waals surface area contributed by atoms with Crippen molar-refractivity contribution in [3.8, 4) is 0 Å². The zero-order valence-corrected chi connectivity index (χ0v) is 17.4. The fraction of sp³-hybridized carbons (Fsp3) is 0.571. The molecule has 2 aliphatic rings. The van der Waals surface area contributed by atoms with Gasteiger partial charge in [0.25, 0.3) is 5.56 Å². The van der Waals surface area contributed by atoms with E-state index in [-0.39, 0.29) is 5.56 Å². The molecule has 1 atom stereocenters. The Labute approximate surface area is 170 Å². The van der Waals surface area contributed by atoms with E-state index in [1.54, 1.807) is 10.7 Å². The molecule has 4 heterocycles. The molecule has 0 radical (unpaired) electrons. The number of thioether (sulfide) groups is 1. The lowest BCUT2D eigenvalue weighted by molar-refractivity contribution is 0.148. The van der Waals surface area contributed by atoms with Crippen LogP contribution < -0.4 is 10.9 Å². The predicted octanol–water partition coefficient (Wildman–Crippen LogP) is 2.70. The van der Waals surface area contributed by atoms with Gasteiger partial charge in [-0.1, -0.05) is 6.42 Å². The molecule has 7 heteroatoms. The van der Waals surface area contributed by atoms with Crippen molar-refractivity contribution in [2.75, 3.05) is 30.7 Å². The highest BCUT2D eigenvalue weighted by molar-refractivity contribution is 7.98. The molecule has 2 aromatic heterocycles. The van der Waals surface area contributed by atoms with Crippen LogP contribution in [0.25, 0.3) is 0 Å². The number of aromatic nitrogens is 3. The molecule has 2 aliphatic heterocycles. The molecular weight excluding hydrogens is 370 g/mol. The average molecular weight is 400 g/mol. The number of likely N-dealkylation sites (tertiary alicyclic amines) is 1. The minimum atomic E-state index is 0.0418. The lowest BCUT2D eigenvalue weighted by Gasteiger charge is -2.36. The number of aryl methyl sites for hydroxylation is 2. The third kappa shape index (κ3) is 4.75. The fourth-order valence-corrected chi connectivity index (χ4v) is 5.06. The molecule has 1 saturated heterocycles. The molecule has 2 aromatic rings. The lowest BCUT2D eigenvalue weighted by atomic mass is 10.0. The summed E-state index contributed by atoms with van der Waals surface area (Å²) in [4.78, 5) is 19.2. The first-order valence-electron chi connectivity index (χ1n) is 10.3. The summed E-state index contributed by atoms with van der Waals surface area (Å²) in [5.41, 5.74) is 4.44. The summed E-state index contributed by atoms with van der Waals surface area (Å²) in [5, 5.41) is 8.23. The quantitative estimate of drug-likeness (QED) is 0.806. The molecule has 0 saturated carbocycles. The van der Waals surface area contributed by atoms with Crippen LogP contribution in [0.1, 0.15) is 36.2 Å². The van der Waals surface area contributed by atoms with E-state index in [9.17, 15) is 4.79 Å². The zero-order chi connectivity index (χ0) is 19.3. The Kier molecular flexibility index (Phi) is 6.32. The van der Waals surface area contributed by atoms with Crippen molar-refractivity contribution in [3.05, 3.63) is 51.7 Å². The molecule has 0 aliphatic carbocycles. The van der Waals surface area contributed by atoms with Crippen LogP contribution in [0.2, 0.25) is 0 Å². The molecule has 0 bridgehead atoms. The van der Waals surface area contributed by atoms with Crippen LogP contribution in [0.3, 0.4) is 0 Å². The summed E-state index contributed by atoms with van der Waals surface area (Å²) in [6.07, 6.45) is 6.52. The SMILES string of the molecule is Cc1cc(NCC2CCCCN2CCn2nc3c(cc2=O)CSCC3)ccn1. The Morgan fingerprint density at radius 2 is 2.21 bits per heavy atom. The number of nitrogens with zero attached hydrogens (tertiary/aromatic N) is 4. The standard InChI is InChI=1S/C21H29N5OS/c1-16-12-18(5-7-22-16)23-14-19-4-2-3-8-25(19)9-10-26-21(27)13-17-15-28-11-6-20(17)24-26/h5,7,12-13,19H,2-4,6,8-11,14-15H2,1H3,(H,22,23). The summed E-state index contributed by atoms with van der Waals surface area (Å²) >= 11 is 1.89. The monoisotopic (exact) mass is 399 g/mol. The van der Waals surface area contributed by atoms with Gasteiger partial charge in [-0.25, -0.2) is 4.68 Å². The Morgan fingerprint density at radius 1 is 1.29 bits per heavy atom. The summed E-state index contributed by atoms with van der Waals surface area (Å²) < 4.78 is 1.68. The highest BCUT2D eigenvalue weighted by atomic mass is 32.2. The van der Waals surface area contributed by atoms with Gasteiger partial charge in [0.05, 0.1) is 12.2 Å². The second-order valence-electron chi connectivity index (χ2n) is 7.73. The van der Waals surface area contributed by atoms with Gasteiger partial charge < -0.3 is 5.32 Å². The van der Waals surface area contributed by atoms with Gasteiger partial charge in [-0.05, 0) is 49.8 Å². The number of nitrogens with one attached hydrogen (secondary N) is 1. The van der Waals surface area contributed by atoms with E-state index in [0.29, 0.717) is 12.6 Å². The van der Waals surface area contributed by atoms with Gasteiger partial charge in [0, 0.05) is 54.9 Å². The molecule has 0 aromatic carbocycles. The highest BCUT2D eigenvalue weighted by Crippen LogP contribution is 2.21. The van der Waals surface area contributed by atoms with Crippen molar-refractivity contribution in [2.24, 2.45) is 0 Å². The average Bonchev–Trinajstić information content (AvgIpc) is 2.71. The molecule has 0 amide bonds. The van der Waals surface area contributed by atoms with Gasteiger partial charge in [-0.15, -0.1) is 0 Å². The van der Waals surface area contributed by atoms with Crippen LogP contribution in [-0.4, -0.2) is 51.1 Å². The van der Waals surface area contributed by atoms with E-state index in [0.717, 1.165) is 60.2 Å². The molecule has 0 spiro atoms. The van der Waals surface area contributed by atoms with Gasteiger partial charge in [0.2, 0.25) is 0 Å². The predicted molar refractivity (Wildman–Crippen MR) is 115 cm³/mol. The number of piperidine rings is 1. The van der Waals surface area contributed by atoms with Crippen LogP contribution in [0.5, 0.6) is 0 Å². The Hall–Kier alpha value is -1.86. The van der Waals surface area contributed by atoms with Crippen LogP contribution in [0.4, 0.5) is 5.69 Å².